The zero-order chi connectivity index (χ0) is 32.8. The first-order valence-electron chi connectivity index (χ1n) is 16.2. The van der Waals surface area contributed by atoms with Crippen LogP contribution < -0.4 is 14.2 Å². The van der Waals surface area contributed by atoms with E-state index in [1.165, 1.54) is 4.90 Å². The van der Waals surface area contributed by atoms with E-state index in [4.69, 9.17) is 28.4 Å². The van der Waals surface area contributed by atoms with Gasteiger partial charge in [0.25, 0.3) is 0 Å². The predicted molar refractivity (Wildman–Crippen MR) is 174 cm³/mol. The predicted octanol–water partition coefficient (Wildman–Crippen LogP) is 5.61. The molecule has 3 aromatic rings. The molecule has 11 heteroatoms. The largest absolute Gasteiger partial charge is 0.496 e. The molecule has 3 aromatic carbocycles. The number of carboxylic acid groups (broad SMARTS) is 1. The monoisotopic (exact) mass is 648 g/mol. The van der Waals surface area contributed by atoms with E-state index in [9.17, 15) is 14.7 Å². The fraction of sp³-hybridized carbons (Fsp3) is 0.444. The number of nitrogens with zero attached hydrogens (tertiary/aromatic N) is 2. The molecular weight excluding hydrogens is 604 g/mol. The average molecular weight is 649 g/mol. The Kier molecular flexibility index (Phi) is 12.6. The zero-order valence-electron chi connectivity index (χ0n) is 26.9. The van der Waals surface area contributed by atoms with Crippen molar-refractivity contribution in [2.45, 2.75) is 37.9 Å². The number of hydrogen-bond acceptors (Lipinski definition) is 8. The maximum atomic E-state index is 11.8. The first-order valence-corrected chi connectivity index (χ1v) is 16.2. The molecule has 0 aromatic heterocycles. The highest BCUT2D eigenvalue weighted by Gasteiger charge is 2.33. The Hall–Kier alpha value is -4.48. The molecule has 2 saturated heterocycles. The standard InChI is InChI=1S/C36H44N2O9/c1-42-32-9-4-3-8-29(32)26-43-20-6-21-44-30-13-11-27(12-14-30)31-16-18-38(35(39)40)25-34(31)46-24-23-45-33-10-5-2-7-28(33)15-17-37-19-22-47-36(37)41/h2-5,7-14,31,34H,6,15-26H2,1H3,(H,39,40). The molecule has 0 bridgehead atoms. The minimum absolute atomic E-state index is 0.0375. The molecule has 0 saturated carbocycles. The Morgan fingerprint density at radius 1 is 0.894 bits per heavy atom. The van der Waals surface area contributed by atoms with Gasteiger partial charge in [0.05, 0.1) is 52.7 Å². The molecule has 252 valence electrons. The Bertz CT molecular complexity index is 1430. The number of carbonyl (C=O) groups excluding carboxylic acids is 1. The van der Waals surface area contributed by atoms with E-state index in [-0.39, 0.29) is 24.7 Å². The van der Waals surface area contributed by atoms with Crippen LogP contribution in [0.1, 0.15) is 35.4 Å². The molecule has 2 atom stereocenters. The summed E-state index contributed by atoms with van der Waals surface area (Å²) in [7, 11) is 1.65. The van der Waals surface area contributed by atoms with Gasteiger partial charge in [0.1, 0.15) is 30.5 Å². The molecule has 1 N–H and O–H groups in total. The molecule has 2 fully saturated rings. The number of amides is 2. The summed E-state index contributed by atoms with van der Waals surface area (Å²) in [5, 5.41) is 9.65. The molecule has 2 aliphatic rings. The third kappa shape index (κ3) is 9.76. The molecule has 2 unspecified atom stereocenters. The maximum Gasteiger partial charge on any atom is 0.409 e. The maximum absolute atomic E-state index is 11.8. The van der Waals surface area contributed by atoms with E-state index in [0.29, 0.717) is 72.1 Å². The molecule has 2 aliphatic heterocycles. The van der Waals surface area contributed by atoms with Crippen LogP contribution in [-0.2, 0) is 27.2 Å². The van der Waals surface area contributed by atoms with Gasteiger partial charge in [0, 0.05) is 31.0 Å². The zero-order valence-corrected chi connectivity index (χ0v) is 26.9. The first-order chi connectivity index (χ1) is 23.0. The lowest BCUT2D eigenvalue weighted by Crippen LogP contribution is -2.46. The summed E-state index contributed by atoms with van der Waals surface area (Å²) in [6, 6.07) is 23.6. The summed E-state index contributed by atoms with van der Waals surface area (Å²) >= 11 is 0. The van der Waals surface area contributed by atoms with Crippen LogP contribution in [0.3, 0.4) is 0 Å². The summed E-state index contributed by atoms with van der Waals surface area (Å²) < 4.78 is 34.5. The quantitative estimate of drug-likeness (QED) is 0.187. The molecule has 0 radical (unpaired) electrons. The minimum atomic E-state index is -0.945. The summed E-state index contributed by atoms with van der Waals surface area (Å²) in [6.45, 7) is 4.53. The van der Waals surface area contributed by atoms with E-state index in [0.717, 1.165) is 40.4 Å². The molecule has 2 heterocycles. The molecule has 11 nitrogen and oxygen atoms in total. The van der Waals surface area contributed by atoms with Gasteiger partial charge < -0.3 is 43.3 Å². The lowest BCUT2D eigenvalue weighted by atomic mass is 9.87. The van der Waals surface area contributed by atoms with Crippen molar-refractivity contribution < 1.29 is 43.1 Å². The minimum Gasteiger partial charge on any atom is -0.496 e. The van der Waals surface area contributed by atoms with E-state index in [2.05, 4.69) is 0 Å². The molecular formula is C36H44N2O9. The van der Waals surface area contributed by atoms with Gasteiger partial charge in [-0.1, -0.05) is 48.5 Å². The fourth-order valence-corrected chi connectivity index (χ4v) is 5.89. The molecule has 47 heavy (non-hydrogen) atoms. The molecule has 2 amide bonds. The molecule has 0 spiro atoms. The number of rotatable bonds is 17. The Labute approximate surface area is 275 Å². The van der Waals surface area contributed by atoms with Gasteiger partial charge >= 0.3 is 12.2 Å². The second-order valence-corrected chi connectivity index (χ2v) is 11.5. The van der Waals surface area contributed by atoms with Gasteiger partial charge in [-0.25, -0.2) is 9.59 Å². The van der Waals surface area contributed by atoms with Crippen molar-refractivity contribution >= 4 is 12.2 Å². The summed E-state index contributed by atoms with van der Waals surface area (Å²) in [5.74, 6) is 2.37. The van der Waals surface area contributed by atoms with Gasteiger partial charge in [-0.15, -0.1) is 0 Å². The topological polar surface area (TPSA) is 116 Å². The van der Waals surface area contributed by atoms with E-state index in [1.807, 2.05) is 72.8 Å². The van der Waals surface area contributed by atoms with Gasteiger partial charge in [-0.3, -0.25) is 0 Å². The Morgan fingerprint density at radius 3 is 2.40 bits per heavy atom. The highest BCUT2D eigenvalue weighted by molar-refractivity contribution is 5.69. The molecule has 0 aliphatic carbocycles. The van der Waals surface area contributed by atoms with Crippen molar-refractivity contribution in [1.82, 2.24) is 9.80 Å². The Balaban J connectivity index is 1.07. The van der Waals surface area contributed by atoms with Gasteiger partial charge in [-0.2, -0.15) is 0 Å². The van der Waals surface area contributed by atoms with Crippen LogP contribution in [0.5, 0.6) is 17.2 Å². The summed E-state index contributed by atoms with van der Waals surface area (Å²) in [5.41, 5.74) is 3.10. The lowest BCUT2D eigenvalue weighted by Gasteiger charge is -2.37. The van der Waals surface area contributed by atoms with Crippen LogP contribution in [-0.4, -0.2) is 99.5 Å². The van der Waals surface area contributed by atoms with Gasteiger partial charge in [-0.05, 0) is 48.2 Å². The van der Waals surface area contributed by atoms with E-state index in [1.54, 1.807) is 12.0 Å². The number of para-hydroxylation sites is 2. The third-order valence-electron chi connectivity index (χ3n) is 8.43. The van der Waals surface area contributed by atoms with Crippen molar-refractivity contribution in [2.75, 3.05) is 66.3 Å². The number of cyclic esters (lactones) is 1. The Morgan fingerprint density at radius 2 is 1.66 bits per heavy atom. The second-order valence-electron chi connectivity index (χ2n) is 11.5. The molecule has 5 rings (SSSR count). The number of benzene rings is 3. The number of methoxy groups -OCH3 is 1. The number of likely N-dealkylation sites (tertiary alicyclic amines) is 1. The first kappa shape index (κ1) is 33.9. The van der Waals surface area contributed by atoms with Gasteiger partial charge in [0.15, 0.2) is 0 Å². The average Bonchev–Trinajstić information content (AvgIpc) is 3.52. The van der Waals surface area contributed by atoms with Crippen molar-refractivity contribution in [3.63, 3.8) is 0 Å². The van der Waals surface area contributed by atoms with Gasteiger partial charge in [0.2, 0.25) is 0 Å². The number of ether oxygens (including phenoxy) is 6. The van der Waals surface area contributed by atoms with Crippen molar-refractivity contribution in [3.8, 4) is 17.2 Å². The number of piperidine rings is 1. The van der Waals surface area contributed by atoms with Crippen LogP contribution in [0.25, 0.3) is 0 Å². The van der Waals surface area contributed by atoms with E-state index < -0.39 is 6.09 Å². The highest BCUT2D eigenvalue weighted by atomic mass is 16.6. The number of carbonyl (C=O) groups is 2. The van der Waals surface area contributed by atoms with Crippen LogP contribution >= 0.6 is 0 Å². The number of hydrogen-bond donors (Lipinski definition) is 1. The normalized spacial score (nSPS) is 17.8. The summed E-state index contributed by atoms with van der Waals surface area (Å²) in [6.07, 6.45) is 0.524. The van der Waals surface area contributed by atoms with Crippen LogP contribution in [0.2, 0.25) is 0 Å². The SMILES string of the molecule is COc1ccccc1COCCCOc1ccc(C2CCN(C(=O)O)CC2OCCOc2ccccc2CCN2CCOC2=O)cc1. The fourth-order valence-electron chi connectivity index (χ4n) is 5.89. The van der Waals surface area contributed by atoms with Crippen LogP contribution in [0, 0.1) is 0 Å². The summed E-state index contributed by atoms with van der Waals surface area (Å²) in [4.78, 5) is 26.7. The van der Waals surface area contributed by atoms with Crippen molar-refractivity contribution in [3.05, 3.63) is 89.5 Å². The smallest absolute Gasteiger partial charge is 0.409 e. The van der Waals surface area contributed by atoms with Crippen molar-refractivity contribution in [2.24, 2.45) is 0 Å². The third-order valence-corrected chi connectivity index (χ3v) is 8.43. The van der Waals surface area contributed by atoms with Crippen LogP contribution in [0.15, 0.2) is 72.8 Å². The lowest BCUT2D eigenvalue weighted by molar-refractivity contribution is -0.0207. The second kappa shape index (κ2) is 17.4. The van der Waals surface area contributed by atoms with Crippen molar-refractivity contribution in [1.29, 1.82) is 0 Å². The van der Waals surface area contributed by atoms with Crippen LogP contribution in [0.4, 0.5) is 9.59 Å². The van der Waals surface area contributed by atoms with E-state index >= 15 is 0 Å². The highest BCUT2D eigenvalue weighted by Crippen LogP contribution is 2.32.